The predicted molar refractivity (Wildman–Crippen MR) is 48.0 cm³/mol. The standard InChI is InChI=1S/C9H13N3/c1-6-5-8(6)12-9-10-4-3-7(2)11-9/h3-4,6,8H,5H2,1-2H3,(H,10,11,12)/t6-,8-/m1/s1. The number of anilines is 1. The topological polar surface area (TPSA) is 37.8 Å². The molecular formula is C9H13N3. The van der Waals surface area contributed by atoms with Gasteiger partial charge in [0.2, 0.25) is 5.95 Å². The van der Waals surface area contributed by atoms with E-state index < -0.39 is 0 Å². The minimum atomic E-state index is 0.604. The first-order chi connectivity index (χ1) is 5.75. The van der Waals surface area contributed by atoms with Gasteiger partial charge in [0.1, 0.15) is 0 Å². The molecule has 12 heavy (non-hydrogen) atoms. The minimum Gasteiger partial charge on any atom is -0.351 e. The maximum atomic E-state index is 4.27. The zero-order chi connectivity index (χ0) is 8.55. The first-order valence-electron chi connectivity index (χ1n) is 4.32. The molecule has 1 N–H and O–H groups in total. The van der Waals surface area contributed by atoms with E-state index in [-0.39, 0.29) is 0 Å². The number of aromatic nitrogens is 2. The number of aryl methyl sites for hydroxylation is 1. The number of rotatable bonds is 2. The Morgan fingerprint density at radius 1 is 1.58 bits per heavy atom. The van der Waals surface area contributed by atoms with Crippen molar-refractivity contribution in [3.05, 3.63) is 18.0 Å². The van der Waals surface area contributed by atoms with Gasteiger partial charge >= 0.3 is 0 Å². The lowest BCUT2D eigenvalue weighted by Gasteiger charge is -2.02. The molecule has 1 fully saturated rings. The summed E-state index contributed by atoms with van der Waals surface area (Å²) in [6.45, 7) is 4.21. The minimum absolute atomic E-state index is 0.604. The Morgan fingerprint density at radius 2 is 2.33 bits per heavy atom. The number of nitrogens with one attached hydrogen (secondary N) is 1. The fourth-order valence-electron chi connectivity index (χ4n) is 1.21. The molecule has 0 radical (unpaired) electrons. The molecule has 0 aromatic carbocycles. The fraction of sp³-hybridized carbons (Fsp3) is 0.556. The Bertz CT molecular complexity index is 285. The smallest absolute Gasteiger partial charge is 0.223 e. The Balaban J connectivity index is 2.03. The van der Waals surface area contributed by atoms with Gasteiger partial charge in [-0.25, -0.2) is 9.97 Å². The third kappa shape index (κ3) is 1.55. The average Bonchev–Trinajstić information content (AvgIpc) is 2.66. The van der Waals surface area contributed by atoms with Crippen molar-refractivity contribution in [3.63, 3.8) is 0 Å². The van der Waals surface area contributed by atoms with Gasteiger partial charge < -0.3 is 5.32 Å². The summed E-state index contributed by atoms with van der Waals surface area (Å²) in [7, 11) is 0. The molecule has 0 unspecified atom stereocenters. The zero-order valence-corrected chi connectivity index (χ0v) is 7.41. The van der Waals surface area contributed by atoms with Crippen LogP contribution in [0.4, 0.5) is 5.95 Å². The summed E-state index contributed by atoms with van der Waals surface area (Å²) in [4.78, 5) is 8.40. The molecule has 1 aromatic rings. The van der Waals surface area contributed by atoms with Gasteiger partial charge in [-0.3, -0.25) is 0 Å². The van der Waals surface area contributed by atoms with E-state index in [1.165, 1.54) is 6.42 Å². The highest BCUT2D eigenvalue weighted by molar-refractivity contribution is 5.29. The van der Waals surface area contributed by atoms with E-state index in [9.17, 15) is 0 Å². The third-order valence-corrected chi connectivity index (χ3v) is 2.22. The summed E-state index contributed by atoms with van der Waals surface area (Å²) >= 11 is 0. The Hall–Kier alpha value is -1.12. The van der Waals surface area contributed by atoms with Crippen LogP contribution in [0.2, 0.25) is 0 Å². The highest BCUT2D eigenvalue weighted by Gasteiger charge is 2.32. The summed E-state index contributed by atoms with van der Waals surface area (Å²) in [5.41, 5.74) is 1.01. The first-order valence-corrected chi connectivity index (χ1v) is 4.32. The summed E-state index contributed by atoms with van der Waals surface area (Å²) in [5.74, 6) is 1.55. The van der Waals surface area contributed by atoms with Gasteiger partial charge in [0, 0.05) is 17.9 Å². The van der Waals surface area contributed by atoms with Gasteiger partial charge in [-0.05, 0) is 25.3 Å². The van der Waals surface area contributed by atoms with Crippen LogP contribution in [-0.2, 0) is 0 Å². The van der Waals surface area contributed by atoms with E-state index >= 15 is 0 Å². The van der Waals surface area contributed by atoms with Crippen molar-refractivity contribution >= 4 is 5.95 Å². The van der Waals surface area contributed by atoms with Gasteiger partial charge in [0.25, 0.3) is 0 Å². The van der Waals surface area contributed by atoms with Crippen LogP contribution in [0.15, 0.2) is 12.3 Å². The normalized spacial score (nSPS) is 26.8. The van der Waals surface area contributed by atoms with Gasteiger partial charge in [0.15, 0.2) is 0 Å². The van der Waals surface area contributed by atoms with Crippen molar-refractivity contribution in [2.45, 2.75) is 26.3 Å². The molecule has 0 aliphatic heterocycles. The lowest BCUT2D eigenvalue weighted by molar-refractivity contribution is 0.911. The van der Waals surface area contributed by atoms with Crippen LogP contribution in [0.5, 0.6) is 0 Å². The summed E-state index contributed by atoms with van der Waals surface area (Å²) in [6.07, 6.45) is 3.04. The molecule has 0 spiro atoms. The van der Waals surface area contributed by atoms with Gasteiger partial charge in [0.05, 0.1) is 0 Å². The number of hydrogen-bond donors (Lipinski definition) is 1. The van der Waals surface area contributed by atoms with Crippen molar-refractivity contribution in [1.29, 1.82) is 0 Å². The number of nitrogens with zero attached hydrogens (tertiary/aromatic N) is 2. The summed E-state index contributed by atoms with van der Waals surface area (Å²) in [5, 5.41) is 3.28. The van der Waals surface area contributed by atoms with Crippen LogP contribution < -0.4 is 5.32 Å². The molecule has 64 valence electrons. The van der Waals surface area contributed by atoms with Crippen LogP contribution in [0.25, 0.3) is 0 Å². The van der Waals surface area contributed by atoms with Crippen molar-refractivity contribution in [2.24, 2.45) is 5.92 Å². The lowest BCUT2D eigenvalue weighted by atomic mass is 10.4. The second-order valence-corrected chi connectivity index (χ2v) is 3.49. The molecule has 1 aromatic heterocycles. The van der Waals surface area contributed by atoms with Crippen molar-refractivity contribution in [3.8, 4) is 0 Å². The maximum absolute atomic E-state index is 4.27. The SMILES string of the molecule is Cc1ccnc(N[C@@H]2C[C@H]2C)n1. The van der Waals surface area contributed by atoms with E-state index in [1.807, 2.05) is 13.0 Å². The van der Waals surface area contributed by atoms with E-state index in [4.69, 9.17) is 0 Å². The van der Waals surface area contributed by atoms with E-state index in [1.54, 1.807) is 6.20 Å². The number of hydrogen-bond acceptors (Lipinski definition) is 3. The molecular weight excluding hydrogens is 150 g/mol. The largest absolute Gasteiger partial charge is 0.351 e. The molecule has 1 aliphatic carbocycles. The molecule has 0 amide bonds. The van der Waals surface area contributed by atoms with E-state index in [2.05, 4.69) is 22.2 Å². The molecule has 3 nitrogen and oxygen atoms in total. The van der Waals surface area contributed by atoms with Crippen molar-refractivity contribution < 1.29 is 0 Å². The fourth-order valence-corrected chi connectivity index (χ4v) is 1.21. The van der Waals surface area contributed by atoms with Crippen LogP contribution in [0.1, 0.15) is 19.0 Å². The van der Waals surface area contributed by atoms with Crippen LogP contribution in [0, 0.1) is 12.8 Å². The van der Waals surface area contributed by atoms with Crippen molar-refractivity contribution in [1.82, 2.24) is 9.97 Å². The molecule has 1 saturated carbocycles. The Kier molecular flexibility index (Phi) is 1.71. The van der Waals surface area contributed by atoms with Crippen LogP contribution in [-0.4, -0.2) is 16.0 Å². The van der Waals surface area contributed by atoms with Gasteiger partial charge in [-0.15, -0.1) is 0 Å². The van der Waals surface area contributed by atoms with E-state index in [0.29, 0.717) is 6.04 Å². The zero-order valence-electron chi connectivity index (χ0n) is 7.41. The maximum Gasteiger partial charge on any atom is 0.223 e. The van der Waals surface area contributed by atoms with E-state index in [0.717, 1.165) is 17.6 Å². The molecule has 3 heteroatoms. The molecule has 1 heterocycles. The second-order valence-electron chi connectivity index (χ2n) is 3.49. The monoisotopic (exact) mass is 163 g/mol. The van der Waals surface area contributed by atoms with Gasteiger partial charge in [-0.1, -0.05) is 6.92 Å². The highest BCUT2D eigenvalue weighted by atomic mass is 15.1. The summed E-state index contributed by atoms with van der Waals surface area (Å²) in [6, 6.07) is 2.51. The molecule has 2 atom stereocenters. The van der Waals surface area contributed by atoms with Crippen molar-refractivity contribution in [2.75, 3.05) is 5.32 Å². The third-order valence-electron chi connectivity index (χ3n) is 2.22. The first kappa shape index (κ1) is 7.53. The predicted octanol–water partition coefficient (Wildman–Crippen LogP) is 1.61. The molecule has 1 aliphatic rings. The Labute approximate surface area is 72.2 Å². The van der Waals surface area contributed by atoms with Crippen LogP contribution in [0.3, 0.4) is 0 Å². The molecule has 2 rings (SSSR count). The lowest BCUT2D eigenvalue weighted by Crippen LogP contribution is -2.07. The quantitative estimate of drug-likeness (QED) is 0.719. The highest BCUT2D eigenvalue weighted by Crippen LogP contribution is 2.31. The second kappa shape index (κ2) is 2.73. The Morgan fingerprint density at radius 3 is 2.92 bits per heavy atom. The molecule has 0 bridgehead atoms. The molecule has 0 saturated heterocycles. The average molecular weight is 163 g/mol. The van der Waals surface area contributed by atoms with Gasteiger partial charge in [-0.2, -0.15) is 0 Å². The summed E-state index contributed by atoms with van der Waals surface area (Å²) < 4.78 is 0. The van der Waals surface area contributed by atoms with Crippen LogP contribution >= 0.6 is 0 Å².